The van der Waals surface area contributed by atoms with Crippen molar-refractivity contribution >= 4 is 34.8 Å². The Balaban J connectivity index is 1.83. The number of benzene rings is 2. The van der Waals surface area contributed by atoms with Gasteiger partial charge in [-0.05, 0) is 36.4 Å². The quantitative estimate of drug-likeness (QED) is 0.748. The zero-order chi connectivity index (χ0) is 17.5. The Morgan fingerprint density at radius 2 is 1.50 bits per heavy atom. The van der Waals surface area contributed by atoms with Crippen LogP contribution in [-0.2, 0) is 16.1 Å². The molecule has 1 atom stereocenters. The van der Waals surface area contributed by atoms with E-state index in [1.54, 1.807) is 24.3 Å². The van der Waals surface area contributed by atoms with Gasteiger partial charge >= 0.3 is 0 Å². The fourth-order valence-electron chi connectivity index (χ4n) is 2.33. The Bertz CT molecular complexity index is 699. The van der Waals surface area contributed by atoms with Gasteiger partial charge in [-0.3, -0.25) is 9.59 Å². The standard InChI is InChI=1S/C18H20ClN3O2/c1-13(23)20-16-7-9-17(10-8-16)21-18(24)12-22(2)11-14-3-5-15(19)6-4-14/h3-10H,11-12H2,1-2H3,(H,20,23)(H,21,24)/p+1. The molecule has 0 spiro atoms. The van der Waals surface area contributed by atoms with Gasteiger partial charge in [0, 0.05) is 28.9 Å². The molecule has 0 fully saturated rings. The number of nitrogens with one attached hydrogen (secondary N) is 3. The molecule has 2 rings (SSSR count). The maximum atomic E-state index is 12.1. The second-order valence-corrected chi connectivity index (χ2v) is 6.18. The third kappa shape index (κ3) is 6.02. The summed E-state index contributed by atoms with van der Waals surface area (Å²) < 4.78 is 0. The molecule has 0 saturated heterocycles. The van der Waals surface area contributed by atoms with Crippen molar-refractivity contribution in [2.45, 2.75) is 13.5 Å². The lowest BCUT2D eigenvalue weighted by Crippen LogP contribution is -3.08. The predicted octanol–water partition coefficient (Wildman–Crippen LogP) is 1.95. The van der Waals surface area contributed by atoms with Gasteiger partial charge in [0.25, 0.3) is 5.91 Å². The fraction of sp³-hybridized carbons (Fsp3) is 0.222. The van der Waals surface area contributed by atoms with Gasteiger partial charge in [0.2, 0.25) is 5.91 Å². The first-order valence-electron chi connectivity index (χ1n) is 7.65. The number of likely N-dealkylation sites (N-methyl/N-ethyl adjacent to an activating group) is 1. The number of carbonyl (C=O) groups is 2. The van der Waals surface area contributed by atoms with Crippen molar-refractivity contribution in [3.05, 3.63) is 59.1 Å². The monoisotopic (exact) mass is 346 g/mol. The summed E-state index contributed by atoms with van der Waals surface area (Å²) in [6.45, 7) is 2.55. The smallest absolute Gasteiger partial charge is 0.279 e. The van der Waals surface area contributed by atoms with E-state index in [1.165, 1.54) is 6.92 Å². The van der Waals surface area contributed by atoms with Gasteiger partial charge in [0.15, 0.2) is 6.54 Å². The van der Waals surface area contributed by atoms with Gasteiger partial charge in [0.1, 0.15) is 6.54 Å². The number of halogens is 1. The average molecular weight is 347 g/mol. The normalized spacial score (nSPS) is 11.6. The third-order valence-corrected chi connectivity index (χ3v) is 3.62. The van der Waals surface area contributed by atoms with E-state index >= 15 is 0 Å². The topological polar surface area (TPSA) is 62.6 Å². The molecule has 0 aromatic heterocycles. The number of carbonyl (C=O) groups excluding carboxylic acids is 2. The lowest BCUT2D eigenvalue weighted by Gasteiger charge is -2.14. The molecule has 0 aliphatic rings. The molecule has 6 heteroatoms. The molecule has 0 bridgehead atoms. The van der Waals surface area contributed by atoms with Gasteiger partial charge in [-0.1, -0.05) is 23.7 Å². The Kier molecular flexibility index (Phi) is 6.35. The predicted molar refractivity (Wildman–Crippen MR) is 96.3 cm³/mol. The number of hydrogen-bond donors (Lipinski definition) is 3. The summed E-state index contributed by atoms with van der Waals surface area (Å²) in [6, 6.07) is 14.6. The van der Waals surface area contributed by atoms with Gasteiger partial charge < -0.3 is 15.5 Å². The molecule has 0 radical (unpaired) electrons. The minimum absolute atomic E-state index is 0.0614. The summed E-state index contributed by atoms with van der Waals surface area (Å²) in [5, 5.41) is 6.24. The maximum absolute atomic E-state index is 12.1. The van der Waals surface area contributed by atoms with Crippen LogP contribution in [-0.4, -0.2) is 25.4 Å². The van der Waals surface area contributed by atoms with Gasteiger partial charge in [-0.2, -0.15) is 0 Å². The van der Waals surface area contributed by atoms with Crippen LogP contribution in [0.5, 0.6) is 0 Å². The molecule has 126 valence electrons. The Morgan fingerprint density at radius 3 is 2.04 bits per heavy atom. The van der Waals surface area contributed by atoms with Crippen LogP contribution >= 0.6 is 11.6 Å². The minimum atomic E-state index is -0.126. The zero-order valence-electron chi connectivity index (χ0n) is 13.7. The lowest BCUT2D eigenvalue weighted by molar-refractivity contribution is -0.885. The second kappa shape index (κ2) is 8.47. The molecule has 0 aliphatic carbocycles. The van der Waals surface area contributed by atoms with E-state index in [-0.39, 0.29) is 11.8 Å². The van der Waals surface area contributed by atoms with Crippen molar-refractivity contribution in [2.24, 2.45) is 0 Å². The van der Waals surface area contributed by atoms with Crippen LogP contribution in [0.4, 0.5) is 11.4 Å². The highest BCUT2D eigenvalue weighted by molar-refractivity contribution is 6.30. The van der Waals surface area contributed by atoms with E-state index in [1.807, 2.05) is 31.3 Å². The second-order valence-electron chi connectivity index (χ2n) is 5.74. The molecule has 0 saturated carbocycles. The van der Waals surface area contributed by atoms with Crippen molar-refractivity contribution < 1.29 is 14.5 Å². The lowest BCUT2D eigenvalue weighted by atomic mass is 10.2. The highest BCUT2D eigenvalue weighted by atomic mass is 35.5. The molecule has 5 nitrogen and oxygen atoms in total. The molecule has 24 heavy (non-hydrogen) atoms. The van der Waals surface area contributed by atoms with E-state index in [4.69, 9.17) is 11.6 Å². The molecule has 0 aliphatic heterocycles. The fourth-order valence-corrected chi connectivity index (χ4v) is 2.46. The van der Waals surface area contributed by atoms with E-state index in [2.05, 4.69) is 10.6 Å². The highest BCUT2D eigenvalue weighted by Crippen LogP contribution is 2.13. The largest absolute Gasteiger partial charge is 0.326 e. The summed E-state index contributed by atoms with van der Waals surface area (Å²) >= 11 is 5.87. The minimum Gasteiger partial charge on any atom is -0.326 e. The number of quaternary nitrogens is 1. The first-order chi connectivity index (χ1) is 11.4. The molecular weight excluding hydrogens is 326 g/mol. The van der Waals surface area contributed by atoms with Crippen LogP contribution in [0.3, 0.4) is 0 Å². The first kappa shape index (κ1) is 18.0. The highest BCUT2D eigenvalue weighted by Gasteiger charge is 2.11. The zero-order valence-corrected chi connectivity index (χ0v) is 14.5. The van der Waals surface area contributed by atoms with Crippen LogP contribution in [0.2, 0.25) is 5.02 Å². The molecular formula is C18H21ClN3O2+. The van der Waals surface area contributed by atoms with E-state index in [9.17, 15) is 9.59 Å². The number of amides is 2. The van der Waals surface area contributed by atoms with Gasteiger partial charge in [-0.25, -0.2) is 0 Å². The molecule has 2 amide bonds. The molecule has 1 unspecified atom stereocenters. The molecule has 0 heterocycles. The maximum Gasteiger partial charge on any atom is 0.279 e. The summed E-state index contributed by atoms with van der Waals surface area (Å²) in [4.78, 5) is 24.2. The average Bonchev–Trinajstić information content (AvgIpc) is 2.51. The Hall–Kier alpha value is -2.37. The van der Waals surface area contributed by atoms with Crippen molar-refractivity contribution in [3.8, 4) is 0 Å². The van der Waals surface area contributed by atoms with E-state index < -0.39 is 0 Å². The van der Waals surface area contributed by atoms with Crippen LogP contribution < -0.4 is 15.5 Å². The number of anilines is 2. The van der Waals surface area contributed by atoms with Crippen LogP contribution in [0.1, 0.15) is 12.5 Å². The van der Waals surface area contributed by atoms with Crippen molar-refractivity contribution in [3.63, 3.8) is 0 Å². The summed E-state index contributed by atoms with van der Waals surface area (Å²) in [6.07, 6.45) is 0. The van der Waals surface area contributed by atoms with E-state index in [0.29, 0.717) is 22.9 Å². The van der Waals surface area contributed by atoms with Gasteiger partial charge in [0.05, 0.1) is 7.05 Å². The van der Waals surface area contributed by atoms with Crippen molar-refractivity contribution in [2.75, 3.05) is 24.2 Å². The van der Waals surface area contributed by atoms with Crippen LogP contribution in [0.25, 0.3) is 0 Å². The Morgan fingerprint density at radius 1 is 0.958 bits per heavy atom. The molecule has 2 aromatic rings. The Labute approximate surface area is 146 Å². The summed E-state index contributed by atoms with van der Waals surface area (Å²) in [5.41, 5.74) is 2.53. The number of rotatable bonds is 6. The van der Waals surface area contributed by atoms with Gasteiger partial charge in [-0.15, -0.1) is 0 Å². The summed E-state index contributed by atoms with van der Waals surface area (Å²) in [5.74, 6) is -0.187. The van der Waals surface area contributed by atoms with E-state index in [0.717, 1.165) is 17.0 Å². The van der Waals surface area contributed by atoms with Crippen LogP contribution in [0, 0.1) is 0 Å². The third-order valence-electron chi connectivity index (χ3n) is 3.37. The van der Waals surface area contributed by atoms with Crippen molar-refractivity contribution in [1.82, 2.24) is 0 Å². The van der Waals surface area contributed by atoms with Crippen molar-refractivity contribution in [1.29, 1.82) is 0 Å². The number of hydrogen-bond acceptors (Lipinski definition) is 2. The molecule has 3 N–H and O–H groups in total. The first-order valence-corrected chi connectivity index (χ1v) is 8.03. The summed E-state index contributed by atoms with van der Waals surface area (Å²) in [7, 11) is 1.97. The van der Waals surface area contributed by atoms with Crippen LogP contribution in [0.15, 0.2) is 48.5 Å². The SMILES string of the molecule is CC(=O)Nc1ccc(NC(=O)C[NH+](C)Cc2ccc(Cl)cc2)cc1. The molecule has 2 aromatic carbocycles.